The van der Waals surface area contributed by atoms with Gasteiger partial charge in [0.1, 0.15) is 0 Å². The van der Waals surface area contributed by atoms with Crippen LogP contribution in [-0.4, -0.2) is 56.0 Å². The molecule has 1 fully saturated rings. The maximum atomic E-state index is 11.3. The average molecular weight is 302 g/mol. The van der Waals surface area contributed by atoms with Crippen LogP contribution in [0.15, 0.2) is 0 Å². The molecule has 118 valence electrons. The molecule has 0 radical (unpaired) electrons. The van der Waals surface area contributed by atoms with Gasteiger partial charge in [-0.2, -0.15) is 0 Å². The van der Waals surface area contributed by atoms with Gasteiger partial charge in [-0.3, -0.25) is 0 Å². The number of carboxylic acid groups (broad SMARTS) is 1. The molecule has 0 aromatic rings. The van der Waals surface area contributed by atoms with E-state index in [1.165, 1.54) is 11.3 Å². The Kier molecular flexibility index (Phi) is 6.98. The number of amides is 1. The van der Waals surface area contributed by atoms with Gasteiger partial charge in [-0.05, 0) is 31.7 Å². The minimum absolute atomic E-state index is 0.129. The summed E-state index contributed by atoms with van der Waals surface area (Å²) in [4.78, 5) is 12.8. The monoisotopic (exact) mass is 302 g/mol. The maximum absolute atomic E-state index is 11.3. The second kappa shape index (κ2) is 8.00. The summed E-state index contributed by atoms with van der Waals surface area (Å²) in [7, 11) is -1.23. The molecule has 1 heterocycles. The molecule has 0 saturated carbocycles. The highest BCUT2D eigenvalue weighted by Crippen LogP contribution is 2.17. The van der Waals surface area contributed by atoms with E-state index in [9.17, 15) is 9.90 Å². The van der Waals surface area contributed by atoms with Crippen molar-refractivity contribution in [3.63, 3.8) is 0 Å². The van der Waals surface area contributed by atoms with Crippen molar-refractivity contribution in [3.8, 4) is 0 Å². The number of hydrogen-bond acceptors (Lipinski definition) is 3. The molecule has 1 aliphatic rings. The van der Waals surface area contributed by atoms with Crippen molar-refractivity contribution < 1.29 is 14.6 Å². The number of nitrogens with zero attached hydrogens (tertiary/aromatic N) is 1. The molecule has 1 amide bonds. The van der Waals surface area contributed by atoms with Gasteiger partial charge in [0, 0.05) is 33.8 Å². The third-order valence-electron chi connectivity index (χ3n) is 3.70. The van der Waals surface area contributed by atoms with E-state index in [1.807, 2.05) is 0 Å². The van der Waals surface area contributed by atoms with Gasteiger partial charge in [0.05, 0.1) is 6.10 Å². The fraction of sp³-hybridized carbons (Fsp3) is 0.929. The lowest BCUT2D eigenvalue weighted by Crippen LogP contribution is -2.44. The van der Waals surface area contributed by atoms with E-state index in [4.69, 9.17) is 10.5 Å². The van der Waals surface area contributed by atoms with Crippen LogP contribution in [0.1, 0.15) is 25.7 Å². The highest BCUT2D eigenvalue weighted by atomic mass is 28.3. The van der Waals surface area contributed by atoms with Crippen LogP contribution in [0.2, 0.25) is 25.7 Å². The first-order chi connectivity index (χ1) is 9.28. The molecule has 20 heavy (non-hydrogen) atoms. The van der Waals surface area contributed by atoms with E-state index in [-0.39, 0.29) is 12.1 Å². The van der Waals surface area contributed by atoms with Gasteiger partial charge in [-0.15, -0.1) is 0 Å². The van der Waals surface area contributed by atoms with Crippen molar-refractivity contribution >= 4 is 14.2 Å². The largest absolute Gasteiger partial charge is 0.465 e. The van der Waals surface area contributed by atoms with E-state index in [1.54, 1.807) is 0 Å². The van der Waals surface area contributed by atoms with Gasteiger partial charge in [0.15, 0.2) is 0 Å². The summed E-state index contributed by atoms with van der Waals surface area (Å²) in [5, 5.41) is 9.28. The standard InChI is InChI=1S/C14H30N2O3Si/c1-20(2,3)9-7-16(14(17)18)11-12(15)10-13-6-4-5-8-19-13/h12-13H,4-11,15H2,1-3H3,(H,17,18)/t12-,13?/m0/s1. The van der Waals surface area contributed by atoms with Gasteiger partial charge in [0.25, 0.3) is 0 Å². The molecule has 5 nitrogen and oxygen atoms in total. The molecule has 0 aliphatic carbocycles. The molecular formula is C14H30N2O3Si. The molecule has 0 bridgehead atoms. The Balaban J connectivity index is 2.37. The Bertz CT molecular complexity index is 301. The third kappa shape index (κ3) is 7.26. The summed E-state index contributed by atoms with van der Waals surface area (Å²) in [6.45, 7) is 8.59. The van der Waals surface area contributed by atoms with Crippen LogP contribution in [0, 0.1) is 0 Å². The predicted molar refractivity (Wildman–Crippen MR) is 83.9 cm³/mol. The molecular weight excluding hydrogens is 272 g/mol. The van der Waals surface area contributed by atoms with Crippen molar-refractivity contribution in [2.45, 2.75) is 63.5 Å². The van der Waals surface area contributed by atoms with Crippen molar-refractivity contribution in [1.29, 1.82) is 0 Å². The molecule has 0 aromatic heterocycles. The summed E-state index contributed by atoms with van der Waals surface area (Å²) >= 11 is 0. The van der Waals surface area contributed by atoms with Crippen molar-refractivity contribution in [1.82, 2.24) is 4.90 Å². The predicted octanol–water partition coefficient (Wildman–Crippen LogP) is 2.59. The molecule has 1 aliphatic heterocycles. The minimum Gasteiger partial charge on any atom is -0.465 e. The average Bonchev–Trinajstić information content (AvgIpc) is 2.34. The lowest BCUT2D eigenvalue weighted by molar-refractivity contribution is 0.00569. The zero-order valence-corrected chi connectivity index (χ0v) is 14.1. The lowest BCUT2D eigenvalue weighted by atomic mass is 10.0. The van der Waals surface area contributed by atoms with Crippen LogP contribution in [0.3, 0.4) is 0 Å². The molecule has 1 saturated heterocycles. The fourth-order valence-electron chi connectivity index (χ4n) is 2.42. The Morgan fingerprint density at radius 1 is 1.45 bits per heavy atom. The molecule has 1 unspecified atom stereocenters. The maximum Gasteiger partial charge on any atom is 0.407 e. The van der Waals surface area contributed by atoms with Crippen LogP contribution in [0.5, 0.6) is 0 Å². The van der Waals surface area contributed by atoms with E-state index in [2.05, 4.69) is 19.6 Å². The first-order valence-corrected chi connectivity index (χ1v) is 11.3. The molecule has 6 heteroatoms. The summed E-state index contributed by atoms with van der Waals surface area (Å²) in [5.74, 6) is 0. The third-order valence-corrected chi connectivity index (χ3v) is 5.42. The number of rotatable bonds is 7. The van der Waals surface area contributed by atoms with Gasteiger partial charge < -0.3 is 20.5 Å². The first-order valence-electron chi connectivity index (χ1n) is 7.63. The molecule has 2 atom stereocenters. The van der Waals surface area contributed by atoms with Crippen LogP contribution in [-0.2, 0) is 4.74 Å². The lowest BCUT2D eigenvalue weighted by Gasteiger charge is -2.29. The normalized spacial score (nSPS) is 21.5. The fourth-order valence-corrected chi connectivity index (χ4v) is 3.36. The van der Waals surface area contributed by atoms with Crippen molar-refractivity contribution in [2.75, 3.05) is 19.7 Å². The van der Waals surface area contributed by atoms with Crippen molar-refractivity contribution in [3.05, 3.63) is 0 Å². The Morgan fingerprint density at radius 3 is 2.65 bits per heavy atom. The van der Waals surface area contributed by atoms with E-state index >= 15 is 0 Å². The van der Waals surface area contributed by atoms with Crippen LogP contribution >= 0.6 is 0 Å². The summed E-state index contributed by atoms with van der Waals surface area (Å²) < 4.78 is 5.67. The Labute approximate surface area is 123 Å². The second-order valence-corrected chi connectivity index (χ2v) is 12.6. The van der Waals surface area contributed by atoms with Crippen LogP contribution < -0.4 is 5.73 Å². The highest BCUT2D eigenvalue weighted by molar-refractivity contribution is 6.76. The van der Waals surface area contributed by atoms with Crippen molar-refractivity contribution in [2.24, 2.45) is 5.73 Å². The Hall–Kier alpha value is -0.593. The van der Waals surface area contributed by atoms with Crippen LogP contribution in [0.25, 0.3) is 0 Å². The quantitative estimate of drug-likeness (QED) is 0.709. The van der Waals surface area contributed by atoms with Gasteiger partial charge >= 0.3 is 6.09 Å². The second-order valence-electron chi connectivity index (χ2n) is 7.02. The zero-order valence-electron chi connectivity index (χ0n) is 13.1. The highest BCUT2D eigenvalue weighted by Gasteiger charge is 2.23. The van der Waals surface area contributed by atoms with Crippen LogP contribution in [0.4, 0.5) is 4.79 Å². The Morgan fingerprint density at radius 2 is 2.15 bits per heavy atom. The van der Waals surface area contributed by atoms with E-state index in [0.717, 1.165) is 31.9 Å². The topological polar surface area (TPSA) is 75.8 Å². The molecule has 1 rings (SSSR count). The first kappa shape index (κ1) is 17.5. The van der Waals surface area contributed by atoms with Gasteiger partial charge in [0.2, 0.25) is 0 Å². The smallest absolute Gasteiger partial charge is 0.407 e. The zero-order chi connectivity index (χ0) is 15.2. The van der Waals surface area contributed by atoms with E-state index < -0.39 is 14.2 Å². The summed E-state index contributed by atoms with van der Waals surface area (Å²) in [5.41, 5.74) is 6.11. The van der Waals surface area contributed by atoms with E-state index in [0.29, 0.717) is 13.1 Å². The van der Waals surface area contributed by atoms with Gasteiger partial charge in [-0.1, -0.05) is 19.6 Å². The number of carbonyl (C=O) groups is 1. The number of ether oxygens (including phenoxy) is 1. The summed E-state index contributed by atoms with van der Waals surface area (Å²) in [6.07, 6.45) is 3.49. The minimum atomic E-state index is -1.23. The number of hydrogen-bond donors (Lipinski definition) is 2. The SMILES string of the molecule is C[Si](C)(C)CCN(C[C@@H](N)CC1CCCCO1)C(=O)O. The molecule has 0 spiro atoms. The van der Waals surface area contributed by atoms with Gasteiger partial charge in [-0.25, -0.2) is 4.79 Å². The molecule has 3 N–H and O–H groups in total. The summed E-state index contributed by atoms with van der Waals surface area (Å²) in [6, 6.07) is 0.849. The molecule has 0 aromatic carbocycles. The number of nitrogens with two attached hydrogens (primary N) is 1.